The van der Waals surface area contributed by atoms with Crippen LogP contribution in [0.1, 0.15) is 20.8 Å². The molecule has 0 aliphatic heterocycles. The monoisotopic (exact) mass is 143 g/mol. The van der Waals surface area contributed by atoms with Gasteiger partial charge in [0, 0.05) is 11.3 Å². The summed E-state index contributed by atoms with van der Waals surface area (Å²) in [6, 6.07) is 0. The molecule has 0 aromatic carbocycles. The summed E-state index contributed by atoms with van der Waals surface area (Å²) in [6.07, 6.45) is 0. The van der Waals surface area contributed by atoms with E-state index in [4.69, 9.17) is 5.11 Å². The van der Waals surface area contributed by atoms with E-state index in [0.29, 0.717) is 0 Å². The second-order valence-corrected chi connectivity index (χ2v) is 3.49. The SMILES string of the molecule is [CH2]C(CO)C(=O)C(C)(C)C. The van der Waals surface area contributed by atoms with Gasteiger partial charge in [-0.25, -0.2) is 0 Å². The minimum absolute atomic E-state index is 0.00926. The lowest BCUT2D eigenvalue weighted by Gasteiger charge is -2.19. The van der Waals surface area contributed by atoms with Crippen LogP contribution < -0.4 is 0 Å². The van der Waals surface area contributed by atoms with Gasteiger partial charge in [0.2, 0.25) is 0 Å². The average Bonchev–Trinajstić information content (AvgIpc) is 1.83. The molecule has 0 heterocycles. The summed E-state index contributed by atoms with van der Waals surface area (Å²) in [4.78, 5) is 11.2. The summed E-state index contributed by atoms with van der Waals surface area (Å²) >= 11 is 0. The van der Waals surface area contributed by atoms with Gasteiger partial charge in [0.15, 0.2) is 0 Å². The molecule has 2 heteroatoms. The van der Waals surface area contributed by atoms with Gasteiger partial charge in [-0.3, -0.25) is 4.79 Å². The van der Waals surface area contributed by atoms with E-state index < -0.39 is 5.92 Å². The molecule has 0 rings (SSSR count). The number of rotatable bonds is 2. The van der Waals surface area contributed by atoms with Crippen molar-refractivity contribution in [3.05, 3.63) is 6.92 Å². The molecule has 0 aromatic rings. The van der Waals surface area contributed by atoms with Crippen molar-refractivity contribution in [2.24, 2.45) is 11.3 Å². The zero-order valence-corrected chi connectivity index (χ0v) is 6.85. The Labute approximate surface area is 62.2 Å². The number of Topliss-reactive ketones (excluding diaryl/α,β-unsaturated/α-hetero) is 1. The van der Waals surface area contributed by atoms with Crippen molar-refractivity contribution in [3.63, 3.8) is 0 Å². The third kappa shape index (κ3) is 2.48. The summed E-state index contributed by atoms with van der Waals surface area (Å²) in [7, 11) is 0. The van der Waals surface area contributed by atoms with Crippen LogP contribution in [0, 0.1) is 18.3 Å². The topological polar surface area (TPSA) is 37.3 Å². The molecule has 0 aliphatic carbocycles. The molecule has 59 valence electrons. The first-order valence-electron chi connectivity index (χ1n) is 3.38. The number of ketones is 1. The van der Waals surface area contributed by atoms with Crippen LogP contribution in [0.15, 0.2) is 0 Å². The first-order chi connectivity index (χ1) is 4.39. The third-order valence-electron chi connectivity index (χ3n) is 1.33. The Morgan fingerprint density at radius 3 is 2.10 bits per heavy atom. The number of carbonyl (C=O) groups is 1. The van der Waals surface area contributed by atoms with Crippen molar-refractivity contribution in [2.75, 3.05) is 6.61 Å². The number of hydrogen-bond acceptors (Lipinski definition) is 2. The molecular weight excluding hydrogens is 128 g/mol. The molecule has 0 saturated heterocycles. The van der Waals surface area contributed by atoms with Crippen molar-refractivity contribution < 1.29 is 9.90 Å². The Morgan fingerprint density at radius 1 is 1.60 bits per heavy atom. The fourth-order valence-electron chi connectivity index (χ4n) is 0.695. The van der Waals surface area contributed by atoms with Crippen molar-refractivity contribution >= 4 is 5.78 Å². The standard InChI is InChI=1S/C8H15O2/c1-6(5-9)7(10)8(2,3)4/h6,9H,1,5H2,2-4H3. The molecule has 1 radical (unpaired) electrons. The molecule has 2 nitrogen and oxygen atoms in total. The third-order valence-corrected chi connectivity index (χ3v) is 1.33. The lowest BCUT2D eigenvalue weighted by Crippen LogP contribution is -2.28. The van der Waals surface area contributed by atoms with E-state index in [2.05, 4.69) is 6.92 Å². The minimum Gasteiger partial charge on any atom is -0.396 e. The maximum Gasteiger partial charge on any atom is 0.143 e. The van der Waals surface area contributed by atoms with Gasteiger partial charge < -0.3 is 5.11 Å². The van der Waals surface area contributed by atoms with Gasteiger partial charge in [0.25, 0.3) is 0 Å². The molecule has 1 unspecified atom stereocenters. The van der Waals surface area contributed by atoms with Crippen molar-refractivity contribution in [1.29, 1.82) is 0 Å². The zero-order valence-electron chi connectivity index (χ0n) is 6.85. The fraction of sp³-hybridized carbons (Fsp3) is 0.750. The first-order valence-corrected chi connectivity index (χ1v) is 3.38. The smallest absolute Gasteiger partial charge is 0.143 e. The van der Waals surface area contributed by atoms with Crippen LogP contribution in [0.2, 0.25) is 0 Å². The molecular formula is C8H15O2. The Kier molecular flexibility index (Phi) is 3.03. The van der Waals surface area contributed by atoms with Crippen LogP contribution in [0.25, 0.3) is 0 Å². The normalized spacial score (nSPS) is 14.9. The van der Waals surface area contributed by atoms with Crippen molar-refractivity contribution in [2.45, 2.75) is 20.8 Å². The highest BCUT2D eigenvalue weighted by atomic mass is 16.3. The molecule has 0 amide bonds. The van der Waals surface area contributed by atoms with E-state index in [1.807, 2.05) is 20.8 Å². The largest absolute Gasteiger partial charge is 0.396 e. The molecule has 0 aliphatic rings. The average molecular weight is 143 g/mol. The maximum absolute atomic E-state index is 11.2. The molecule has 0 bridgehead atoms. The van der Waals surface area contributed by atoms with Crippen LogP contribution >= 0.6 is 0 Å². The Balaban J connectivity index is 4.09. The van der Waals surface area contributed by atoms with Gasteiger partial charge in [0.05, 0.1) is 6.61 Å². The highest BCUT2D eigenvalue weighted by molar-refractivity contribution is 5.86. The molecule has 0 aromatic heterocycles. The quantitative estimate of drug-likeness (QED) is 0.627. The predicted molar refractivity (Wildman–Crippen MR) is 40.4 cm³/mol. The van der Waals surface area contributed by atoms with E-state index in [0.717, 1.165) is 0 Å². The van der Waals surface area contributed by atoms with Crippen molar-refractivity contribution in [3.8, 4) is 0 Å². The second kappa shape index (κ2) is 3.15. The van der Waals surface area contributed by atoms with E-state index in [9.17, 15) is 4.79 Å². The van der Waals surface area contributed by atoms with Gasteiger partial charge in [-0.05, 0) is 6.92 Å². The molecule has 0 saturated carbocycles. The molecule has 0 spiro atoms. The summed E-state index contributed by atoms with van der Waals surface area (Å²) in [6.45, 7) is 8.83. The lowest BCUT2D eigenvalue weighted by atomic mass is 9.84. The van der Waals surface area contributed by atoms with Crippen LogP contribution in [0.3, 0.4) is 0 Å². The second-order valence-electron chi connectivity index (χ2n) is 3.49. The molecule has 1 N–H and O–H groups in total. The highest BCUT2D eigenvalue weighted by Gasteiger charge is 2.25. The van der Waals surface area contributed by atoms with Crippen LogP contribution in [0.5, 0.6) is 0 Å². The van der Waals surface area contributed by atoms with Crippen LogP contribution in [-0.4, -0.2) is 17.5 Å². The maximum atomic E-state index is 11.2. The van der Waals surface area contributed by atoms with E-state index in [1.165, 1.54) is 0 Å². The van der Waals surface area contributed by atoms with Crippen LogP contribution in [0.4, 0.5) is 0 Å². The summed E-state index contributed by atoms with van der Waals surface area (Å²) in [5, 5.41) is 8.59. The summed E-state index contributed by atoms with van der Waals surface area (Å²) in [5.74, 6) is -0.463. The zero-order chi connectivity index (χ0) is 8.36. The van der Waals surface area contributed by atoms with Gasteiger partial charge in [0.1, 0.15) is 5.78 Å². The predicted octanol–water partition coefficient (Wildman–Crippen LogP) is 1.04. The van der Waals surface area contributed by atoms with Gasteiger partial charge in [-0.2, -0.15) is 0 Å². The molecule has 0 fully saturated rings. The Hall–Kier alpha value is -0.370. The first kappa shape index (κ1) is 9.63. The van der Waals surface area contributed by atoms with E-state index in [-0.39, 0.29) is 17.8 Å². The van der Waals surface area contributed by atoms with Crippen molar-refractivity contribution in [1.82, 2.24) is 0 Å². The number of carbonyl (C=O) groups excluding carboxylic acids is 1. The van der Waals surface area contributed by atoms with Gasteiger partial charge >= 0.3 is 0 Å². The summed E-state index contributed by atoms with van der Waals surface area (Å²) < 4.78 is 0. The highest BCUT2D eigenvalue weighted by Crippen LogP contribution is 2.19. The minimum atomic E-state index is -0.472. The van der Waals surface area contributed by atoms with E-state index in [1.54, 1.807) is 0 Å². The van der Waals surface area contributed by atoms with Crippen LogP contribution in [-0.2, 0) is 4.79 Å². The Morgan fingerprint density at radius 2 is 2.00 bits per heavy atom. The number of aliphatic hydroxyl groups excluding tert-OH is 1. The number of hydrogen-bond donors (Lipinski definition) is 1. The fourth-order valence-corrected chi connectivity index (χ4v) is 0.695. The van der Waals surface area contributed by atoms with E-state index >= 15 is 0 Å². The molecule has 10 heavy (non-hydrogen) atoms. The number of aliphatic hydroxyl groups is 1. The Bertz CT molecular complexity index is 122. The lowest BCUT2D eigenvalue weighted by molar-refractivity contribution is -0.130. The van der Waals surface area contributed by atoms with Gasteiger partial charge in [-0.15, -0.1) is 0 Å². The summed E-state index contributed by atoms with van der Waals surface area (Å²) in [5.41, 5.74) is -0.380. The molecule has 1 atom stereocenters. The van der Waals surface area contributed by atoms with Gasteiger partial charge in [-0.1, -0.05) is 20.8 Å².